The maximum absolute atomic E-state index is 13.1. The van der Waals surface area contributed by atoms with Gasteiger partial charge in [-0.25, -0.2) is 4.39 Å². The molecule has 144 valence electrons. The predicted octanol–water partition coefficient (Wildman–Crippen LogP) is 7.68. The molecule has 0 radical (unpaired) electrons. The largest absolute Gasteiger partial charge is 0.256 e. The molecule has 0 saturated heterocycles. The molecular weight excluding hydrogens is 369 g/mol. The molecular formula is C28H20FN. The number of nitrogens with zero attached hydrogens (tertiary/aromatic N) is 1. The van der Waals surface area contributed by atoms with Crippen molar-refractivity contribution in [2.24, 2.45) is 0 Å². The van der Waals surface area contributed by atoms with E-state index in [2.05, 4.69) is 79.7 Å². The van der Waals surface area contributed by atoms with E-state index in [0.717, 1.165) is 33.2 Å². The van der Waals surface area contributed by atoms with Gasteiger partial charge in [0.2, 0.25) is 0 Å². The Morgan fingerprint density at radius 3 is 1.70 bits per heavy atom. The summed E-state index contributed by atoms with van der Waals surface area (Å²) in [6.07, 6.45) is 1.92. The highest BCUT2D eigenvalue weighted by atomic mass is 19.1. The lowest BCUT2D eigenvalue weighted by atomic mass is 9.99. The van der Waals surface area contributed by atoms with Crippen LogP contribution < -0.4 is 0 Å². The minimum absolute atomic E-state index is 0.219. The molecule has 1 nitrogen and oxygen atoms in total. The third kappa shape index (κ3) is 3.60. The summed E-state index contributed by atoms with van der Waals surface area (Å²) in [6.45, 7) is 2.10. The van der Waals surface area contributed by atoms with Crippen molar-refractivity contribution in [3.8, 4) is 33.4 Å². The van der Waals surface area contributed by atoms with Gasteiger partial charge < -0.3 is 0 Å². The summed E-state index contributed by atoms with van der Waals surface area (Å²) in [5, 5.41) is 1.12. The van der Waals surface area contributed by atoms with E-state index in [9.17, 15) is 4.39 Å². The minimum Gasteiger partial charge on any atom is -0.256 e. The van der Waals surface area contributed by atoms with Crippen molar-refractivity contribution in [3.63, 3.8) is 0 Å². The molecule has 1 heterocycles. The van der Waals surface area contributed by atoms with Crippen LogP contribution >= 0.6 is 0 Å². The monoisotopic (exact) mass is 389 g/mol. The first-order chi connectivity index (χ1) is 14.7. The van der Waals surface area contributed by atoms with Crippen molar-refractivity contribution in [2.75, 3.05) is 0 Å². The number of halogens is 1. The van der Waals surface area contributed by atoms with Crippen molar-refractivity contribution >= 4 is 10.9 Å². The number of aryl methyl sites for hydroxylation is 1. The molecule has 30 heavy (non-hydrogen) atoms. The maximum Gasteiger partial charge on any atom is 0.123 e. The van der Waals surface area contributed by atoms with Crippen LogP contribution in [0.4, 0.5) is 4.39 Å². The number of pyridine rings is 1. The van der Waals surface area contributed by atoms with Crippen LogP contribution in [0.3, 0.4) is 0 Å². The van der Waals surface area contributed by atoms with Gasteiger partial charge in [-0.1, -0.05) is 78.4 Å². The molecule has 0 aliphatic heterocycles. The molecule has 0 unspecified atom stereocenters. The molecule has 0 N–H and O–H groups in total. The highest BCUT2D eigenvalue weighted by Gasteiger charge is 2.05. The summed E-state index contributed by atoms with van der Waals surface area (Å²) in [4.78, 5) is 4.71. The van der Waals surface area contributed by atoms with Gasteiger partial charge in [0.1, 0.15) is 5.82 Å². The van der Waals surface area contributed by atoms with Gasteiger partial charge in [-0.05, 0) is 59.0 Å². The van der Waals surface area contributed by atoms with Gasteiger partial charge in [0, 0.05) is 17.1 Å². The lowest BCUT2D eigenvalue weighted by molar-refractivity contribution is 0.628. The first kappa shape index (κ1) is 18.3. The van der Waals surface area contributed by atoms with E-state index >= 15 is 0 Å². The summed E-state index contributed by atoms with van der Waals surface area (Å²) < 4.78 is 13.1. The van der Waals surface area contributed by atoms with Crippen LogP contribution in [0.2, 0.25) is 0 Å². The van der Waals surface area contributed by atoms with E-state index in [4.69, 9.17) is 4.98 Å². The fourth-order valence-electron chi connectivity index (χ4n) is 3.70. The van der Waals surface area contributed by atoms with E-state index in [0.29, 0.717) is 0 Å². The Hall–Kier alpha value is -3.78. The summed E-state index contributed by atoms with van der Waals surface area (Å²) in [6, 6.07) is 32.0. The molecule has 0 aliphatic rings. The van der Waals surface area contributed by atoms with Crippen LogP contribution in [0.25, 0.3) is 44.3 Å². The first-order valence-electron chi connectivity index (χ1n) is 9.99. The van der Waals surface area contributed by atoms with Crippen LogP contribution in [0.5, 0.6) is 0 Å². The van der Waals surface area contributed by atoms with E-state index in [-0.39, 0.29) is 5.82 Å². The molecule has 0 saturated carbocycles. The summed E-state index contributed by atoms with van der Waals surface area (Å²) in [5.41, 5.74) is 8.87. The van der Waals surface area contributed by atoms with Crippen LogP contribution in [-0.2, 0) is 0 Å². The Balaban J connectivity index is 1.45. The Bertz CT molecular complexity index is 1320. The average molecular weight is 389 g/mol. The normalized spacial score (nSPS) is 11.0. The lowest BCUT2D eigenvalue weighted by Gasteiger charge is -2.08. The van der Waals surface area contributed by atoms with Crippen molar-refractivity contribution in [1.82, 2.24) is 4.98 Å². The van der Waals surface area contributed by atoms with Gasteiger partial charge in [-0.15, -0.1) is 0 Å². The van der Waals surface area contributed by atoms with E-state index in [1.165, 1.54) is 28.8 Å². The molecule has 1 aromatic heterocycles. The zero-order chi connectivity index (χ0) is 20.5. The van der Waals surface area contributed by atoms with E-state index in [1.807, 2.05) is 6.20 Å². The third-order valence-corrected chi connectivity index (χ3v) is 5.46. The highest BCUT2D eigenvalue weighted by molar-refractivity contribution is 5.87. The average Bonchev–Trinajstić information content (AvgIpc) is 2.79. The minimum atomic E-state index is -0.219. The molecule has 0 atom stereocenters. The molecule has 0 amide bonds. The zero-order valence-corrected chi connectivity index (χ0v) is 16.6. The van der Waals surface area contributed by atoms with Gasteiger partial charge in [0.05, 0.1) is 5.52 Å². The van der Waals surface area contributed by atoms with Gasteiger partial charge >= 0.3 is 0 Å². The second-order valence-electron chi connectivity index (χ2n) is 7.58. The molecule has 0 fully saturated rings. The Morgan fingerprint density at radius 1 is 0.533 bits per heavy atom. The zero-order valence-electron chi connectivity index (χ0n) is 16.6. The van der Waals surface area contributed by atoms with Crippen LogP contribution in [-0.4, -0.2) is 4.98 Å². The van der Waals surface area contributed by atoms with Gasteiger partial charge in [-0.2, -0.15) is 0 Å². The van der Waals surface area contributed by atoms with Crippen molar-refractivity contribution in [1.29, 1.82) is 0 Å². The predicted molar refractivity (Wildman–Crippen MR) is 123 cm³/mol. The highest BCUT2D eigenvalue weighted by Crippen LogP contribution is 2.29. The quantitative estimate of drug-likeness (QED) is 0.308. The van der Waals surface area contributed by atoms with Gasteiger partial charge in [0.15, 0.2) is 0 Å². The number of hydrogen-bond donors (Lipinski definition) is 0. The van der Waals surface area contributed by atoms with Crippen molar-refractivity contribution in [2.45, 2.75) is 6.92 Å². The molecule has 0 aliphatic carbocycles. The standard InChI is InChI=1S/C28H20FN/c1-19-2-4-22(5-3-19)24-10-11-25-16-26(18-30-28(25)17-24)23-8-6-20(7-9-23)21-12-14-27(29)15-13-21/h2-18H,1H3. The number of benzene rings is 4. The second kappa shape index (κ2) is 7.57. The fraction of sp³-hybridized carbons (Fsp3) is 0.0357. The summed E-state index contributed by atoms with van der Waals surface area (Å²) >= 11 is 0. The second-order valence-corrected chi connectivity index (χ2v) is 7.58. The topological polar surface area (TPSA) is 12.9 Å². The molecule has 4 aromatic carbocycles. The van der Waals surface area contributed by atoms with Gasteiger partial charge in [-0.3, -0.25) is 4.98 Å². The van der Waals surface area contributed by atoms with Crippen molar-refractivity contribution < 1.29 is 4.39 Å². The van der Waals surface area contributed by atoms with Gasteiger partial charge in [0.25, 0.3) is 0 Å². The molecule has 0 spiro atoms. The Morgan fingerprint density at radius 2 is 1.03 bits per heavy atom. The lowest BCUT2D eigenvalue weighted by Crippen LogP contribution is -1.86. The van der Waals surface area contributed by atoms with E-state index in [1.54, 1.807) is 12.1 Å². The van der Waals surface area contributed by atoms with E-state index < -0.39 is 0 Å². The number of hydrogen-bond acceptors (Lipinski definition) is 1. The van der Waals surface area contributed by atoms with Crippen LogP contribution in [0.1, 0.15) is 5.56 Å². The molecule has 2 heteroatoms. The Kier molecular flexibility index (Phi) is 4.61. The SMILES string of the molecule is Cc1ccc(-c2ccc3cc(-c4ccc(-c5ccc(F)cc5)cc4)cnc3c2)cc1. The maximum atomic E-state index is 13.1. The van der Waals surface area contributed by atoms with Crippen LogP contribution in [0.15, 0.2) is 103 Å². The number of aromatic nitrogens is 1. The van der Waals surface area contributed by atoms with Crippen molar-refractivity contribution in [3.05, 3.63) is 115 Å². The third-order valence-electron chi connectivity index (χ3n) is 5.46. The number of fused-ring (bicyclic) bond motifs is 1. The Labute approximate surface area is 175 Å². The molecule has 0 bridgehead atoms. The first-order valence-corrected chi connectivity index (χ1v) is 9.99. The summed E-state index contributed by atoms with van der Waals surface area (Å²) in [7, 11) is 0. The number of rotatable bonds is 3. The molecule has 5 aromatic rings. The summed E-state index contributed by atoms with van der Waals surface area (Å²) in [5.74, 6) is -0.219. The fourth-order valence-corrected chi connectivity index (χ4v) is 3.70. The molecule has 5 rings (SSSR count). The van der Waals surface area contributed by atoms with Crippen LogP contribution in [0, 0.1) is 12.7 Å². The smallest absolute Gasteiger partial charge is 0.123 e.